The monoisotopic (exact) mass is 472 g/mol. The highest BCUT2D eigenvalue weighted by Crippen LogP contribution is 2.39. The van der Waals surface area contributed by atoms with Crippen molar-refractivity contribution in [1.29, 1.82) is 0 Å². The van der Waals surface area contributed by atoms with Gasteiger partial charge < -0.3 is 4.74 Å². The maximum atomic E-state index is 12.9. The van der Waals surface area contributed by atoms with Crippen molar-refractivity contribution in [2.45, 2.75) is 32.3 Å². The number of nitrogens with zero attached hydrogens (tertiary/aromatic N) is 3. The van der Waals surface area contributed by atoms with E-state index in [-0.39, 0.29) is 12.0 Å². The highest BCUT2D eigenvalue weighted by atomic mass is 32.2. The van der Waals surface area contributed by atoms with Gasteiger partial charge in [0.1, 0.15) is 10.8 Å². The molecular formula is C22H24N4O4S2. The molecule has 2 heterocycles. The van der Waals surface area contributed by atoms with Crippen LogP contribution in [-0.4, -0.2) is 43.4 Å². The van der Waals surface area contributed by atoms with Gasteiger partial charge in [0.25, 0.3) is 5.91 Å². The summed E-state index contributed by atoms with van der Waals surface area (Å²) in [6.45, 7) is 6.01. The molecule has 1 N–H and O–H groups in total. The molecule has 0 saturated heterocycles. The molecule has 1 atom stereocenters. The number of benzene rings is 2. The zero-order valence-corrected chi connectivity index (χ0v) is 19.8. The minimum absolute atomic E-state index is 0.129. The molecule has 0 unspecified atom stereocenters. The molecule has 2 aromatic carbocycles. The maximum Gasteiger partial charge on any atom is 0.269 e. The Morgan fingerprint density at radius 1 is 1.16 bits per heavy atom. The molecule has 1 amide bonds. The van der Waals surface area contributed by atoms with Gasteiger partial charge in [0, 0.05) is 5.56 Å². The number of hydrogen-bond donors (Lipinski definition) is 1. The van der Waals surface area contributed by atoms with Gasteiger partial charge >= 0.3 is 0 Å². The van der Waals surface area contributed by atoms with Crippen LogP contribution in [0.15, 0.2) is 48.5 Å². The van der Waals surface area contributed by atoms with Crippen molar-refractivity contribution in [2.24, 2.45) is 0 Å². The molecule has 3 aromatic rings. The molecule has 0 radical (unpaired) electrons. The van der Waals surface area contributed by atoms with Crippen molar-refractivity contribution < 1.29 is 17.9 Å². The summed E-state index contributed by atoms with van der Waals surface area (Å²) in [5.41, 5.74) is 2.14. The summed E-state index contributed by atoms with van der Waals surface area (Å²) in [5.74, 6) is -0.142. The highest BCUT2D eigenvalue weighted by molar-refractivity contribution is 7.92. The first kappa shape index (κ1) is 22.2. The molecule has 0 bridgehead atoms. The summed E-state index contributed by atoms with van der Waals surface area (Å²) in [5, 5.41) is 11.8. The van der Waals surface area contributed by atoms with Crippen LogP contribution >= 0.6 is 11.3 Å². The lowest BCUT2D eigenvalue weighted by molar-refractivity contribution is -0.122. The molecule has 10 heteroatoms. The van der Waals surface area contributed by atoms with Gasteiger partial charge in [0.05, 0.1) is 18.5 Å². The first-order chi connectivity index (χ1) is 15.0. The van der Waals surface area contributed by atoms with Gasteiger partial charge in [-0.1, -0.05) is 68.5 Å². The van der Waals surface area contributed by atoms with Crippen LogP contribution in [0.2, 0.25) is 0 Å². The van der Waals surface area contributed by atoms with Gasteiger partial charge in [-0.3, -0.25) is 14.4 Å². The highest BCUT2D eigenvalue weighted by Gasteiger charge is 2.36. The van der Waals surface area contributed by atoms with Gasteiger partial charge in [-0.05, 0) is 23.1 Å². The Morgan fingerprint density at radius 3 is 2.53 bits per heavy atom. The quantitative estimate of drug-likeness (QED) is 0.622. The number of aromatic nitrogens is 2. The Balaban J connectivity index is 1.58. The fourth-order valence-electron chi connectivity index (χ4n) is 3.33. The zero-order valence-electron chi connectivity index (χ0n) is 18.2. The molecule has 4 rings (SSSR count). The van der Waals surface area contributed by atoms with Crippen LogP contribution in [0.3, 0.4) is 0 Å². The zero-order chi connectivity index (χ0) is 23.1. The summed E-state index contributed by atoms with van der Waals surface area (Å²) in [7, 11) is -3.62. The van der Waals surface area contributed by atoms with Gasteiger partial charge in [0.2, 0.25) is 15.2 Å². The van der Waals surface area contributed by atoms with Crippen molar-refractivity contribution >= 4 is 38.1 Å². The average Bonchev–Trinajstić information content (AvgIpc) is 3.20. The maximum absolute atomic E-state index is 12.9. The Hall–Kier alpha value is -2.98. The minimum Gasteiger partial charge on any atom is -0.476 e. The number of sulfonamides is 1. The van der Waals surface area contributed by atoms with E-state index in [0.29, 0.717) is 21.6 Å². The van der Waals surface area contributed by atoms with Gasteiger partial charge in [-0.25, -0.2) is 8.42 Å². The summed E-state index contributed by atoms with van der Waals surface area (Å²) in [4.78, 5) is 12.9. The van der Waals surface area contributed by atoms with Gasteiger partial charge in [-0.2, -0.15) is 0 Å². The Labute approximate surface area is 191 Å². The smallest absolute Gasteiger partial charge is 0.269 e. The van der Waals surface area contributed by atoms with Crippen molar-refractivity contribution in [3.05, 3.63) is 54.1 Å². The van der Waals surface area contributed by atoms with Crippen LogP contribution in [-0.2, 0) is 20.2 Å². The first-order valence-electron chi connectivity index (χ1n) is 10.0. The number of hydrogen-bond acceptors (Lipinski definition) is 7. The Morgan fingerprint density at radius 2 is 1.88 bits per heavy atom. The lowest BCUT2D eigenvalue weighted by Gasteiger charge is -2.35. The molecule has 1 aliphatic heterocycles. The van der Waals surface area contributed by atoms with Crippen LogP contribution in [0.25, 0.3) is 10.6 Å². The van der Waals surface area contributed by atoms with E-state index in [0.717, 1.165) is 17.4 Å². The van der Waals surface area contributed by atoms with Crippen molar-refractivity contribution in [3.63, 3.8) is 0 Å². The van der Waals surface area contributed by atoms with E-state index < -0.39 is 22.0 Å². The van der Waals surface area contributed by atoms with Crippen molar-refractivity contribution in [2.75, 3.05) is 22.4 Å². The van der Waals surface area contributed by atoms with E-state index in [2.05, 4.69) is 15.5 Å². The predicted molar refractivity (Wildman–Crippen MR) is 126 cm³/mol. The number of anilines is 2. The number of amides is 1. The number of carbonyl (C=O) groups excluding carboxylic acids is 1. The number of ether oxygens (including phenoxy) is 1. The SMILES string of the molecule is CC(C)(C)c1ccc2c(c1)N(S(C)(=O)=O)C[C@H](C(=O)Nc1nnc(-c3ccccc3)s1)O2. The Kier molecular flexibility index (Phi) is 5.68. The third kappa shape index (κ3) is 4.61. The summed E-state index contributed by atoms with van der Waals surface area (Å²) < 4.78 is 32.1. The van der Waals surface area contributed by atoms with E-state index in [4.69, 9.17) is 4.74 Å². The first-order valence-corrected chi connectivity index (χ1v) is 12.7. The fraction of sp³-hybridized carbons (Fsp3) is 0.318. The lowest BCUT2D eigenvalue weighted by atomic mass is 9.86. The van der Waals surface area contributed by atoms with E-state index in [1.54, 1.807) is 12.1 Å². The Bertz CT molecular complexity index is 1250. The van der Waals surface area contributed by atoms with Crippen LogP contribution in [0, 0.1) is 0 Å². The van der Waals surface area contributed by atoms with Crippen LogP contribution in [0.1, 0.15) is 26.3 Å². The van der Waals surface area contributed by atoms with Crippen LogP contribution in [0.5, 0.6) is 5.75 Å². The standard InChI is InChI=1S/C22H24N4O4S2/c1-22(2,3)15-10-11-17-16(12-15)26(32(4,28)29)13-18(30-17)19(27)23-21-25-24-20(31-21)14-8-6-5-7-9-14/h5-12,18H,13H2,1-4H3,(H,23,25,27)/t18-/m1/s1. The van der Waals surface area contributed by atoms with E-state index in [9.17, 15) is 13.2 Å². The topological polar surface area (TPSA) is 101 Å². The van der Waals surface area contributed by atoms with Crippen molar-refractivity contribution in [1.82, 2.24) is 10.2 Å². The van der Waals surface area contributed by atoms with E-state index >= 15 is 0 Å². The predicted octanol–water partition coefficient (Wildman–Crippen LogP) is 3.67. The van der Waals surface area contributed by atoms with Gasteiger partial charge in [0.15, 0.2) is 6.10 Å². The molecule has 1 aliphatic rings. The fourth-order valence-corrected chi connectivity index (χ4v) is 4.98. The largest absolute Gasteiger partial charge is 0.476 e. The summed E-state index contributed by atoms with van der Waals surface area (Å²) in [6, 6.07) is 14.9. The van der Waals surface area contributed by atoms with E-state index in [1.165, 1.54) is 15.6 Å². The normalized spacial score (nSPS) is 16.2. The third-order valence-corrected chi connectivity index (χ3v) is 7.10. The molecule has 0 aliphatic carbocycles. The van der Waals surface area contributed by atoms with Crippen LogP contribution in [0.4, 0.5) is 10.8 Å². The molecule has 0 fully saturated rings. The second-order valence-corrected chi connectivity index (χ2v) is 11.5. The molecule has 8 nitrogen and oxygen atoms in total. The number of fused-ring (bicyclic) bond motifs is 1. The minimum atomic E-state index is -3.62. The summed E-state index contributed by atoms with van der Waals surface area (Å²) >= 11 is 1.23. The molecular weight excluding hydrogens is 448 g/mol. The van der Waals surface area contributed by atoms with E-state index in [1.807, 2.05) is 57.2 Å². The average molecular weight is 473 g/mol. The molecule has 32 heavy (non-hydrogen) atoms. The molecule has 168 valence electrons. The number of nitrogens with one attached hydrogen (secondary N) is 1. The second-order valence-electron chi connectivity index (χ2n) is 8.60. The number of carbonyl (C=O) groups is 1. The number of rotatable bonds is 4. The molecule has 0 saturated carbocycles. The summed E-state index contributed by atoms with van der Waals surface area (Å²) in [6.07, 6.45) is 0.0966. The van der Waals surface area contributed by atoms with Crippen molar-refractivity contribution in [3.8, 4) is 16.3 Å². The lowest BCUT2D eigenvalue weighted by Crippen LogP contribution is -2.48. The molecule has 1 aromatic heterocycles. The van der Waals surface area contributed by atoms with Crippen LogP contribution < -0.4 is 14.4 Å². The second kappa shape index (κ2) is 8.18. The third-order valence-electron chi connectivity index (χ3n) is 5.06. The molecule has 0 spiro atoms. The van der Waals surface area contributed by atoms with Gasteiger partial charge in [-0.15, -0.1) is 10.2 Å².